The molecule has 0 fully saturated rings. The molecule has 0 aliphatic heterocycles. The predicted molar refractivity (Wildman–Crippen MR) is 78.1 cm³/mol. The van der Waals surface area contributed by atoms with Gasteiger partial charge in [0.25, 0.3) is 0 Å². The zero-order valence-electron chi connectivity index (χ0n) is 12.6. The van der Waals surface area contributed by atoms with E-state index in [1.165, 1.54) is 4.31 Å². The summed E-state index contributed by atoms with van der Waals surface area (Å²) in [4.78, 5) is 0.208. The number of hydrogen-bond acceptors (Lipinski definition) is 5. The summed E-state index contributed by atoms with van der Waals surface area (Å²) in [5.41, 5.74) is 0.833. The van der Waals surface area contributed by atoms with E-state index in [1.807, 2.05) is 0 Å². The van der Waals surface area contributed by atoms with Gasteiger partial charge in [0.05, 0.1) is 12.7 Å². The van der Waals surface area contributed by atoms with Crippen molar-refractivity contribution in [2.75, 3.05) is 14.1 Å². The van der Waals surface area contributed by atoms with Gasteiger partial charge in [-0.25, -0.2) is 8.42 Å². The molecule has 0 radical (unpaired) electrons. The van der Waals surface area contributed by atoms with Gasteiger partial charge >= 0.3 is 0 Å². The molecule has 0 aliphatic carbocycles. The predicted octanol–water partition coefficient (Wildman–Crippen LogP) is 0.862. The van der Waals surface area contributed by atoms with Crippen molar-refractivity contribution in [3.05, 3.63) is 35.5 Å². The fourth-order valence-electron chi connectivity index (χ4n) is 2.11. The molecule has 0 amide bonds. The summed E-state index contributed by atoms with van der Waals surface area (Å²) in [7, 11) is 1.54. The lowest BCUT2D eigenvalue weighted by Gasteiger charge is -2.15. The Kier molecular flexibility index (Phi) is 4.50. The highest BCUT2D eigenvalue weighted by Crippen LogP contribution is 2.24. The van der Waals surface area contributed by atoms with Crippen LogP contribution in [0.5, 0.6) is 0 Å². The maximum absolute atomic E-state index is 12.6. The number of nitrogens with one attached hydrogen (secondary N) is 1. The molecular formula is C13H20N4O3S. The van der Waals surface area contributed by atoms with Crippen LogP contribution in [0.3, 0.4) is 0 Å². The molecule has 7 nitrogen and oxygen atoms in total. The van der Waals surface area contributed by atoms with Gasteiger partial charge in [0.2, 0.25) is 10.0 Å². The molecule has 0 aliphatic rings. The van der Waals surface area contributed by atoms with Gasteiger partial charge in [-0.3, -0.25) is 4.68 Å². The maximum Gasteiger partial charge on any atom is 0.246 e. The zero-order chi connectivity index (χ0) is 15.6. The van der Waals surface area contributed by atoms with Gasteiger partial charge in [-0.15, -0.1) is 0 Å². The highest BCUT2D eigenvalue weighted by Gasteiger charge is 2.26. The topological polar surface area (TPSA) is 80.4 Å². The van der Waals surface area contributed by atoms with Crippen LogP contribution < -0.4 is 5.32 Å². The van der Waals surface area contributed by atoms with Crippen molar-refractivity contribution in [2.45, 2.75) is 24.9 Å². The van der Waals surface area contributed by atoms with Crippen LogP contribution in [-0.2, 0) is 30.2 Å². The van der Waals surface area contributed by atoms with E-state index in [2.05, 4.69) is 10.4 Å². The molecule has 2 heterocycles. The highest BCUT2D eigenvalue weighted by molar-refractivity contribution is 7.89. The van der Waals surface area contributed by atoms with Crippen LogP contribution in [0.1, 0.15) is 17.1 Å². The van der Waals surface area contributed by atoms with E-state index < -0.39 is 10.0 Å². The Morgan fingerprint density at radius 3 is 2.76 bits per heavy atom. The number of sulfonamides is 1. The molecule has 0 bridgehead atoms. The molecule has 2 rings (SSSR count). The minimum atomic E-state index is -3.58. The third kappa shape index (κ3) is 3.34. The van der Waals surface area contributed by atoms with Crippen molar-refractivity contribution in [1.29, 1.82) is 0 Å². The first-order valence-electron chi connectivity index (χ1n) is 6.52. The Morgan fingerprint density at radius 1 is 1.48 bits per heavy atom. The number of aromatic nitrogens is 2. The second kappa shape index (κ2) is 6.00. The van der Waals surface area contributed by atoms with Crippen molar-refractivity contribution in [3.8, 4) is 0 Å². The van der Waals surface area contributed by atoms with Crippen LogP contribution in [0.4, 0.5) is 0 Å². The van der Waals surface area contributed by atoms with Crippen molar-refractivity contribution < 1.29 is 12.8 Å². The first-order valence-corrected chi connectivity index (χ1v) is 7.96. The van der Waals surface area contributed by atoms with E-state index in [4.69, 9.17) is 4.42 Å². The maximum atomic E-state index is 12.6. The van der Waals surface area contributed by atoms with E-state index in [0.717, 1.165) is 5.56 Å². The average Bonchev–Trinajstić information content (AvgIpc) is 2.96. The van der Waals surface area contributed by atoms with Crippen LogP contribution >= 0.6 is 0 Å². The number of hydrogen-bond donors (Lipinski definition) is 1. The van der Waals surface area contributed by atoms with Gasteiger partial charge in [0.15, 0.2) is 0 Å². The molecule has 116 valence electrons. The van der Waals surface area contributed by atoms with Crippen LogP contribution in [-0.4, -0.2) is 36.6 Å². The molecule has 0 spiro atoms. The monoisotopic (exact) mass is 312 g/mol. The Balaban J connectivity index is 2.24. The van der Waals surface area contributed by atoms with Crippen LogP contribution in [0.15, 0.2) is 27.8 Å². The number of aryl methyl sites for hydroxylation is 2. The van der Waals surface area contributed by atoms with Crippen LogP contribution in [0.2, 0.25) is 0 Å². The first kappa shape index (κ1) is 15.7. The molecule has 0 aromatic carbocycles. The van der Waals surface area contributed by atoms with E-state index >= 15 is 0 Å². The van der Waals surface area contributed by atoms with Gasteiger partial charge < -0.3 is 9.73 Å². The molecule has 2 aromatic heterocycles. The Morgan fingerprint density at radius 2 is 2.19 bits per heavy atom. The average molecular weight is 312 g/mol. The van der Waals surface area contributed by atoms with E-state index in [0.29, 0.717) is 18.1 Å². The summed E-state index contributed by atoms with van der Waals surface area (Å²) < 4.78 is 33.6. The molecular weight excluding hydrogens is 292 g/mol. The van der Waals surface area contributed by atoms with Crippen molar-refractivity contribution >= 4 is 10.0 Å². The second-order valence-corrected chi connectivity index (χ2v) is 6.96. The highest BCUT2D eigenvalue weighted by atomic mass is 32.2. The summed E-state index contributed by atoms with van der Waals surface area (Å²) in [5, 5.41) is 6.97. The fraction of sp³-hybridized carbons (Fsp3) is 0.462. The third-order valence-corrected chi connectivity index (χ3v) is 5.04. The molecule has 0 atom stereocenters. The van der Waals surface area contributed by atoms with Gasteiger partial charge in [0, 0.05) is 38.5 Å². The van der Waals surface area contributed by atoms with E-state index in [-0.39, 0.29) is 11.4 Å². The SMILES string of the molecule is CNCc1cc(S(=O)(=O)N(C)Cc2cnn(C)c2)c(C)o1. The Bertz CT molecular complexity index is 718. The van der Waals surface area contributed by atoms with E-state index in [9.17, 15) is 8.42 Å². The van der Waals surface area contributed by atoms with Crippen molar-refractivity contribution in [2.24, 2.45) is 7.05 Å². The molecule has 2 aromatic rings. The molecule has 0 saturated heterocycles. The standard InChI is InChI=1S/C13H20N4O3S/c1-10-13(5-12(20-10)7-14-2)21(18,19)17(4)9-11-6-15-16(3)8-11/h5-6,8,14H,7,9H2,1-4H3. The van der Waals surface area contributed by atoms with Gasteiger partial charge in [-0.2, -0.15) is 9.40 Å². The second-order valence-electron chi connectivity index (χ2n) is 4.95. The quantitative estimate of drug-likeness (QED) is 0.856. The molecule has 0 unspecified atom stereocenters. The summed E-state index contributed by atoms with van der Waals surface area (Å²) >= 11 is 0. The normalized spacial score (nSPS) is 12.2. The smallest absolute Gasteiger partial charge is 0.246 e. The van der Waals surface area contributed by atoms with Gasteiger partial charge in [0.1, 0.15) is 16.4 Å². The number of rotatable bonds is 6. The largest absolute Gasteiger partial charge is 0.464 e. The fourth-order valence-corrected chi connectivity index (χ4v) is 3.45. The summed E-state index contributed by atoms with van der Waals surface area (Å²) in [6.45, 7) is 2.41. The number of furan rings is 1. The van der Waals surface area contributed by atoms with E-state index in [1.54, 1.807) is 51.2 Å². The first-order chi connectivity index (χ1) is 9.84. The summed E-state index contributed by atoms with van der Waals surface area (Å²) in [6, 6.07) is 1.57. The lowest BCUT2D eigenvalue weighted by molar-refractivity contribution is 0.452. The van der Waals surface area contributed by atoms with Gasteiger partial charge in [-0.05, 0) is 14.0 Å². The van der Waals surface area contributed by atoms with Gasteiger partial charge in [-0.1, -0.05) is 0 Å². The molecule has 21 heavy (non-hydrogen) atoms. The molecule has 8 heteroatoms. The van der Waals surface area contributed by atoms with Crippen molar-refractivity contribution in [3.63, 3.8) is 0 Å². The Labute approximate surface area is 124 Å². The lowest BCUT2D eigenvalue weighted by Crippen LogP contribution is -2.26. The van der Waals surface area contributed by atoms with Crippen LogP contribution in [0, 0.1) is 6.92 Å². The summed E-state index contributed by atoms with van der Waals surface area (Å²) in [6.07, 6.45) is 3.45. The molecule has 0 saturated carbocycles. The molecule has 1 N–H and O–H groups in total. The number of nitrogens with zero attached hydrogens (tertiary/aromatic N) is 3. The summed E-state index contributed by atoms with van der Waals surface area (Å²) in [5.74, 6) is 1.00. The minimum absolute atomic E-state index is 0.208. The third-order valence-electron chi connectivity index (χ3n) is 3.13. The zero-order valence-corrected chi connectivity index (χ0v) is 13.4. The lowest BCUT2D eigenvalue weighted by atomic mass is 10.4. The minimum Gasteiger partial charge on any atom is -0.464 e. The van der Waals surface area contributed by atoms with Crippen molar-refractivity contribution in [1.82, 2.24) is 19.4 Å². The van der Waals surface area contributed by atoms with Crippen LogP contribution in [0.25, 0.3) is 0 Å². The Hall–Kier alpha value is -1.64.